The molecule has 0 atom stereocenters. The highest BCUT2D eigenvalue weighted by atomic mass is 32.2. The lowest BCUT2D eigenvalue weighted by atomic mass is 10.0. The molecule has 0 aliphatic heterocycles. The van der Waals surface area contributed by atoms with Crippen molar-refractivity contribution in [1.29, 1.82) is 0 Å². The minimum Gasteiger partial charge on any atom is -0.494 e. The number of hydrogen-bond donors (Lipinski definition) is 2. The summed E-state index contributed by atoms with van der Waals surface area (Å²) < 4.78 is 20.3. The molecule has 0 radical (unpaired) electrons. The summed E-state index contributed by atoms with van der Waals surface area (Å²) in [6, 6.07) is 3.43. The van der Waals surface area contributed by atoms with Crippen molar-refractivity contribution in [3.05, 3.63) is 22.8 Å². The highest BCUT2D eigenvalue weighted by Crippen LogP contribution is 2.45. The summed E-state index contributed by atoms with van der Waals surface area (Å²) in [4.78, 5) is 14.1. The first-order valence-corrected chi connectivity index (χ1v) is 10.4. The third-order valence-electron chi connectivity index (χ3n) is 4.55. The number of tetrazole rings is 1. The Bertz CT molecular complexity index is 954. The first-order chi connectivity index (χ1) is 13.2. The summed E-state index contributed by atoms with van der Waals surface area (Å²) in [5.41, 5.74) is 0. The van der Waals surface area contributed by atoms with Gasteiger partial charge in [-0.15, -0.1) is 28.2 Å². The molecule has 3 aromatic rings. The van der Waals surface area contributed by atoms with Gasteiger partial charge < -0.3 is 4.74 Å². The quantitative estimate of drug-likeness (QED) is 0.657. The standard InChI is InChI=1S/C17H18FN5O2S2/c1-25-11-8-7-10-13(12(11)18)27-15(16(24)19-17-20-22-23-21-17)14(10)26-9-5-3-2-4-6-9/h7-9H,2-6H2,1H3,(H2,19,20,21,22,23,24). The molecular weight excluding hydrogens is 389 g/mol. The normalized spacial score (nSPS) is 15.2. The molecule has 2 aromatic heterocycles. The van der Waals surface area contributed by atoms with Crippen LogP contribution in [0.2, 0.25) is 0 Å². The number of amides is 1. The number of thioether (sulfide) groups is 1. The molecule has 1 fully saturated rings. The number of methoxy groups -OCH3 is 1. The van der Waals surface area contributed by atoms with E-state index in [1.54, 1.807) is 17.8 Å². The van der Waals surface area contributed by atoms with Gasteiger partial charge in [-0.1, -0.05) is 24.4 Å². The third-order valence-corrected chi connectivity index (χ3v) is 7.34. The van der Waals surface area contributed by atoms with Gasteiger partial charge in [-0.05, 0) is 30.2 Å². The van der Waals surface area contributed by atoms with E-state index in [4.69, 9.17) is 4.74 Å². The number of ether oxygens (including phenoxy) is 1. The van der Waals surface area contributed by atoms with Crippen molar-refractivity contribution in [1.82, 2.24) is 20.6 Å². The number of benzene rings is 1. The smallest absolute Gasteiger partial charge is 0.270 e. The van der Waals surface area contributed by atoms with Crippen molar-refractivity contribution in [2.75, 3.05) is 12.4 Å². The van der Waals surface area contributed by atoms with E-state index >= 15 is 0 Å². The largest absolute Gasteiger partial charge is 0.494 e. The first-order valence-electron chi connectivity index (χ1n) is 8.68. The molecule has 1 saturated carbocycles. The number of thiophene rings is 1. The van der Waals surface area contributed by atoms with E-state index in [1.165, 1.54) is 26.4 Å². The summed E-state index contributed by atoms with van der Waals surface area (Å²) in [6.07, 6.45) is 5.83. The van der Waals surface area contributed by atoms with Gasteiger partial charge in [0.05, 0.1) is 11.8 Å². The molecule has 0 saturated heterocycles. The Morgan fingerprint density at radius 3 is 2.89 bits per heavy atom. The molecule has 4 rings (SSSR count). The monoisotopic (exact) mass is 407 g/mol. The molecule has 2 heterocycles. The molecule has 142 valence electrons. The molecule has 10 heteroatoms. The molecule has 1 aliphatic carbocycles. The number of aromatic amines is 1. The predicted octanol–water partition coefficient (Wildman–Crippen LogP) is 4.24. The van der Waals surface area contributed by atoms with Crippen molar-refractivity contribution in [3.8, 4) is 5.75 Å². The molecule has 7 nitrogen and oxygen atoms in total. The fraction of sp³-hybridized carbons (Fsp3) is 0.412. The van der Waals surface area contributed by atoms with Crippen molar-refractivity contribution in [2.45, 2.75) is 42.2 Å². The van der Waals surface area contributed by atoms with E-state index in [0.29, 0.717) is 14.8 Å². The SMILES string of the molecule is COc1ccc2c(SC3CCCCC3)c(C(=O)Nc3nn[nH]n3)sc2c1F. The molecular formula is C17H18FN5O2S2. The Morgan fingerprint density at radius 1 is 1.37 bits per heavy atom. The number of fused-ring (bicyclic) bond motifs is 1. The Morgan fingerprint density at radius 2 is 2.19 bits per heavy atom. The number of carbonyl (C=O) groups is 1. The maximum Gasteiger partial charge on any atom is 0.270 e. The van der Waals surface area contributed by atoms with Crippen LogP contribution >= 0.6 is 23.1 Å². The number of H-pyrrole nitrogens is 1. The summed E-state index contributed by atoms with van der Waals surface area (Å²) in [7, 11) is 1.43. The van der Waals surface area contributed by atoms with Gasteiger partial charge in [0.2, 0.25) is 0 Å². The van der Waals surface area contributed by atoms with Gasteiger partial charge >= 0.3 is 0 Å². The fourth-order valence-electron chi connectivity index (χ4n) is 3.23. The second kappa shape index (κ2) is 7.81. The van der Waals surface area contributed by atoms with Gasteiger partial charge in [0.15, 0.2) is 11.6 Å². The van der Waals surface area contributed by atoms with Gasteiger partial charge in [0.1, 0.15) is 4.88 Å². The van der Waals surface area contributed by atoms with Gasteiger partial charge in [0, 0.05) is 15.5 Å². The van der Waals surface area contributed by atoms with Crippen LogP contribution in [0.3, 0.4) is 0 Å². The molecule has 0 unspecified atom stereocenters. The minimum atomic E-state index is -0.441. The maximum absolute atomic E-state index is 14.8. The zero-order valence-corrected chi connectivity index (χ0v) is 16.3. The molecule has 1 aromatic carbocycles. The zero-order valence-electron chi connectivity index (χ0n) is 14.6. The number of anilines is 1. The average Bonchev–Trinajstić information content (AvgIpc) is 3.31. The van der Waals surface area contributed by atoms with E-state index in [9.17, 15) is 9.18 Å². The zero-order chi connectivity index (χ0) is 18.8. The summed E-state index contributed by atoms with van der Waals surface area (Å²) in [5, 5.41) is 17.0. The van der Waals surface area contributed by atoms with Crippen molar-refractivity contribution in [2.24, 2.45) is 0 Å². The van der Waals surface area contributed by atoms with Crippen LogP contribution in [0, 0.1) is 5.82 Å². The second-order valence-corrected chi connectivity index (χ2v) is 8.62. The van der Waals surface area contributed by atoms with E-state index in [0.717, 1.165) is 34.5 Å². The highest BCUT2D eigenvalue weighted by molar-refractivity contribution is 8.00. The fourth-order valence-corrected chi connectivity index (χ4v) is 5.99. The number of carbonyl (C=O) groups excluding carboxylic acids is 1. The van der Waals surface area contributed by atoms with Crippen LogP contribution in [0.25, 0.3) is 10.1 Å². The van der Waals surface area contributed by atoms with Crippen LogP contribution in [-0.2, 0) is 0 Å². The molecule has 2 N–H and O–H groups in total. The van der Waals surface area contributed by atoms with Crippen LogP contribution in [0.1, 0.15) is 41.8 Å². The van der Waals surface area contributed by atoms with E-state index in [-0.39, 0.29) is 17.6 Å². The minimum absolute atomic E-state index is 0.0872. The average molecular weight is 407 g/mol. The van der Waals surface area contributed by atoms with E-state index in [2.05, 4.69) is 25.9 Å². The number of nitrogens with zero attached hydrogens (tertiary/aromatic N) is 3. The van der Waals surface area contributed by atoms with E-state index in [1.807, 2.05) is 6.07 Å². The highest BCUT2D eigenvalue weighted by Gasteiger charge is 2.26. The van der Waals surface area contributed by atoms with Crippen LogP contribution in [-0.4, -0.2) is 38.9 Å². The summed E-state index contributed by atoms with van der Waals surface area (Å²) in [6.45, 7) is 0. The molecule has 1 amide bonds. The number of nitrogens with one attached hydrogen (secondary N) is 2. The maximum atomic E-state index is 14.8. The molecule has 1 aliphatic rings. The molecule has 0 spiro atoms. The lowest BCUT2D eigenvalue weighted by Gasteiger charge is -2.21. The summed E-state index contributed by atoms with van der Waals surface area (Å²) >= 11 is 2.79. The van der Waals surface area contributed by atoms with Crippen LogP contribution in [0.4, 0.5) is 10.3 Å². The van der Waals surface area contributed by atoms with Gasteiger partial charge in [-0.3, -0.25) is 10.1 Å². The number of halogens is 1. The van der Waals surface area contributed by atoms with E-state index < -0.39 is 5.82 Å². The number of aromatic nitrogens is 4. The number of rotatable bonds is 5. The van der Waals surface area contributed by atoms with Crippen molar-refractivity contribution >= 4 is 45.0 Å². The lowest BCUT2D eigenvalue weighted by molar-refractivity contribution is 0.102. The Balaban J connectivity index is 1.75. The topological polar surface area (TPSA) is 92.8 Å². The Hall–Kier alpha value is -2.20. The van der Waals surface area contributed by atoms with Gasteiger partial charge in [-0.2, -0.15) is 5.21 Å². The van der Waals surface area contributed by atoms with Crippen LogP contribution in [0.15, 0.2) is 17.0 Å². The molecule has 27 heavy (non-hydrogen) atoms. The van der Waals surface area contributed by atoms with Crippen molar-refractivity contribution < 1.29 is 13.9 Å². The Kier molecular flexibility index (Phi) is 5.26. The van der Waals surface area contributed by atoms with Crippen molar-refractivity contribution in [3.63, 3.8) is 0 Å². The second-order valence-electron chi connectivity index (χ2n) is 6.29. The summed E-state index contributed by atoms with van der Waals surface area (Å²) in [5.74, 6) is -0.550. The third kappa shape index (κ3) is 3.63. The Labute approximate surface area is 163 Å². The van der Waals surface area contributed by atoms with Gasteiger partial charge in [0.25, 0.3) is 11.9 Å². The van der Waals surface area contributed by atoms with Crippen LogP contribution < -0.4 is 10.1 Å². The predicted molar refractivity (Wildman–Crippen MR) is 103 cm³/mol. The van der Waals surface area contributed by atoms with Gasteiger partial charge in [-0.25, -0.2) is 4.39 Å². The number of hydrogen-bond acceptors (Lipinski definition) is 7. The van der Waals surface area contributed by atoms with Crippen LogP contribution in [0.5, 0.6) is 5.75 Å². The first kappa shape index (κ1) is 18.2. The lowest BCUT2D eigenvalue weighted by Crippen LogP contribution is -2.13. The molecule has 0 bridgehead atoms.